The van der Waals surface area contributed by atoms with Gasteiger partial charge in [0.05, 0.1) is 11.8 Å². The minimum atomic E-state index is -4.51. The van der Waals surface area contributed by atoms with Gasteiger partial charge in [0.15, 0.2) is 0 Å². The van der Waals surface area contributed by atoms with E-state index in [2.05, 4.69) is 10.3 Å². The van der Waals surface area contributed by atoms with E-state index >= 15 is 0 Å². The maximum absolute atomic E-state index is 13.0. The summed E-state index contributed by atoms with van der Waals surface area (Å²) in [6.45, 7) is 0. The molecule has 0 saturated heterocycles. The Kier molecular flexibility index (Phi) is 3.11. The molecule has 1 heterocycles. The lowest BCUT2D eigenvalue weighted by atomic mass is 10.2. The lowest BCUT2D eigenvalue weighted by Gasteiger charge is -2.21. The fourth-order valence-electron chi connectivity index (χ4n) is 1.70. The Labute approximate surface area is 106 Å². The van der Waals surface area contributed by atoms with Crippen LogP contribution in [-0.2, 0) is 0 Å². The van der Waals surface area contributed by atoms with Crippen molar-refractivity contribution in [3.05, 3.63) is 23.6 Å². The van der Waals surface area contributed by atoms with Gasteiger partial charge >= 0.3 is 6.18 Å². The van der Waals surface area contributed by atoms with E-state index in [4.69, 9.17) is 0 Å². The first-order chi connectivity index (χ1) is 8.79. The number of rotatable bonds is 3. The molecule has 1 aliphatic rings. The highest BCUT2D eigenvalue weighted by atomic mass is 19.4. The first kappa shape index (κ1) is 13.6. The molecule has 0 radical (unpaired) electrons. The first-order valence-corrected chi connectivity index (χ1v) is 5.51. The smallest absolute Gasteiger partial charge is 0.372 e. The van der Waals surface area contributed by atoms with Gasteiger partial charge in [-0.3, -0.25) is 4.79 Å². The summed E-state index contributed by atoms with van der Waals surface area (Å²) in [6, 6.07) is 0.848. The molecule has 2 N–H and O–H groups in total. The van der Waals surface area contributed by atoms with Crippen LogP contribution in [0.15, 0.2) is 12.3 Å². The maximum atomic E-state index is 13.0. The molecule has 1 saturated carbocycles. The van der Waals surface area contributed by atoms with Crippen LogP contribution in [0.5, 0.6) is 0 Å². The summed E-state index contributed by atoms with van der Waals surface area (Å²) in [6.07, 6.45) is -3.97. The molecule has 0 bridgehead atoms. The summed E-state index contributed by atoms with van der Waals surface area (Å²) in [7, 11) is 1.44. The number of halogens is 4. The number of anilines is 1. The van der Waals surface area contributed by atoms with Crippen LogP contribution < -0.4 is 10.6 Å². The van der Waals surface area contributed by atoms with Crippen molar-refractivity contribution in [2.45, 2.75) is 24.6 Å². The van der Waals surface area contributed by atoms with E-state index < -0.39 is 23.4 Å². The topological polar surface area (TPSA) is 54.0 Å². The van der Waals surface area contributed by atoms with Gasteiger partial charge < -0.3 is 10.6 Å². The van der Waals surface area contributed by atoms with Gasteiger partial charge in [-0.1, -0.05) is 0 Å². The van der Waals surface area contributed by atoms with Gasteiger partial charge in [0, 0.05) is 7.05 Å². The average molecular weight is 277 g/mol. The third-order valence-electron chi connectivity index (χ3n) is 2.98. The molecular weight excluding hydrogens is 266 g/mol. The van der Waals surface area contributed by atoms with E-state index in [0.717, 1.165) is 12.3 Å². The normalized spacial score (nSPS) is 16.9. The number of hydrogen-bond acceptors (Lipinski definition) is 3. The van der Waals surface area contributed by atoms with Crippen molar-refractivity contribution in [3.8, 4) is 0 Å². The van der Waals surface area contributed by atoms with Gasteiger partial charge in [-0.05, 0) is 18.9 Å². The van der Waals surface area contributed by atoms with Crippen LogP contribution in [0.25, 0.3) is 0 Å². The van der Waals surface area contributed by atoms with Crippen LogP contribution in [-0.4, -0.2) is 29.7 Å². The number of alkyl halides is 3. The molecule has 0 unspecified atom stereocenters. The molecular formula is C11H11F4N3O. The Morgan fingerprint density at radius 1 is 1.42 bits per heavy atom. The van der Waals surface area contributed by atoms with Gasteiger partial charge in [0.2, 0.25) is 0 Å². The number of aromatic nitrogens is 1. The van der Waals surface area contributed by atoms with Crippen molar-refractivity contribution >= 4 is 11.7 Å². The van der Waals surface area contributed by atoms with E-state index in [0.29, 0.717) is 0 Å². The highest BCUT2D eigenvalue weighted by Crippen LogP contribution is 2.49. The highest BCUT2D eigenvalue weighted by Gasteiger charge is 2.64. The number of pyridine rings is 1. The molecule has 0 spiro atoms. The summed E-state index contributed by atoms with van der Waals surface area (Å²) in [4.78, 5) is 15.4. The Balaban J connectivity index is 2.24. The Morgan fingerprint density at radius 2 is 2.05 bits per heavy atom. The van der Waals surface area contributed by atoms with Crippen LogP contribution in [0.3, 0.4) is 0 Å². The third kappa shape index (κ3) is 2.47. The van der Waals surface area contributed by atoms with E-state index in [1.807, 2.05) is 5.32 Å². The Hall–Kier alpha value is -1.86. The molecule has 0 aromatic carbocycles. The van der Waals surface area contributed by atoms with Crippen molar-refractivity contribution in [1.82, 2.24) is 10.3 Å². The Morgan fingerprint density at radius 3 is 2.53 bits per heavy atom. The average Bonchev–Trinajstić information content (AvgIpc) is 3.09. The quantitative estimate of drug-likeness (QED) is 0.832. The minimum Gasteiger partial charge on any atom is -0.372 e. The van der Waals surface area contributed by atoms with E-state index in [1.165, 1.54) is 7.05 Å². The van der Waals surface area contributed by atoms with Crippen molar-refractivity contribution < 1.29 is 22.4 Å². The predicted molar refractivity (Wildman–Crippen MR) is 59.2 cm³/mol. The zero-order valence-electron chi connectivity index (χ0n) is 9.94. The standard InChI is InChI=1S/C11H11F4N3O/c1-16-8-7(4-6(12)5-17-8)9(19)18-10(2-3-10)11(13,14)15/h4-5H,2-3H2,1H3,(H,16,17)(H,18,19). The second-order valence-electron chi connectivity index (χ2n) is 4.33. The monoisotopic (exact) mass is 277 g/mol. The molecule has 2 rings (SSSR count). The molecule has 0 aliphatic heterocycles. The van der Waals surface area contributed by atoms with E-state index in [-0.39, 0.29) is 24.2 Å². The largest absolute Gasteiger partial charge is 0.411 e. The second kappa shape index (κ2) is 4.36. The predicted octanol–water partition coefficient (Wildman–Crippen LogP) is 2.09. The number of nitrogens with zero attached hydrogens (tertiary/aromatic N) is 1. The zero-order valence-corrected chi connectivity index (χ0v) is 9.94. The highest BCUT2D eigenvalue weighted by molar-refractivity contribution is 5.99. The van der Waals surface area contributed by atoms with Crippen molar-refractivity contribution in [2.75, 3.05) is 12.4 Å². The van der Waals surface area contributed by atoms with E-state index in [1.54, 1.807) is 0 Å². The van der Waals surface area contributed by atoms with Gasteiger partial charge in [0.25, 0.3) is 5.91 Å². The molecule has 4 nitrogen and oxygen atoms in total. The lowest BCUT2D eigenvalue weighted by molar-refractivity contribution is -0.163. The number of nitrogens with one attached hydrogen (secondary N) is 2. The first-order valence-electron chi connectivity index (χ1n) is 5.51. The molecule has 1 fully saturated rings. The molecule has 0 atom stereocenters. The molecule has 19 heavy (non-hydrogen) atoms. The molecule has 1 amide bonds. The van der Waals surface area contributed by atoms with Crippen LogP contribution in [0.4, 0.5) is 23.4 Å². The summed E-state index contributed by atoms with van der Waals surface area (Å²) < 4.78 is 51.2. The molecule has 104 valence electrons. The molecule has 1 aromatic rings. The van der Waals surface area contributed by atoms with Gasteiger partial charge in [0.1, 0.15) is 17.2 Å². The van der Waals surface area contributed by atoms with Gasteiger partial charge in [-0.15, -0.1) is 0 Å². The minimum absolute atomic E-state index is 0.0249. The summed E-state index contributed by atoms with van der Waals surface area (Å²) in [5, 5.41) is 4.44. The SMILES string of the molecule is CNc1ncc(F)cc1C(=O)NC1(C(F)(F)F)CC1. The number of carbonyl (C=O) groups excluding carboxylic acids is 1. The third-order valence-corrected chi connectivity index (χ3v) is 2.98. The fourth-order valence-corrected chi connectivity index (χ4v) is 1.70. The number of hydrogen-bond donors (Lipinski definition) is 2. The van der Waals surface area contributed by atoms with Crippen LogP contribution >= 0.6 is 0 Å². The summed E-state index contributed by atoms with van der Waals surface area (Å²) in [5.41, 5.74) is -2.43. The van der Waals surface area contributed by atoms with Crippen LogP contribution in [0, 0.1) is 5.82 Å². The van der Waals surface area contributed by atoms with Crippen LogP contribution in [0.2, 0.25) is 0 Å². The van der Waals surface area contributed by atoms with Crippen LogP contribution in [0.1, 0.15) is 23.2 Å². The lowest BCUT2D eigenvalue weighted by Crippen LogP contribution is -2.48. The van der Waals surface area contributed by atoms with Crippen molar-refractivity contribution in [1.29, 1.82) is 0 Å². The molecule has 1 aliphatic carbocycles. The second-order valence-corrected chi connectivity index (χ2v) is 4.33. The summed E-state index contributed by atoms with van der Waals surface area (Å²) in [5.74, 6) is -1.76. The van der Waals surface area contributed by atoms with Gasteiger partial charge in [-0.25, -0.2) is 9.37 Å². The summed E-state index contributed by atoms with van der Waals surface area (Å²) >= 11 is 0. The fraction of sp³-hybridized carbons (Fsp3) is 0.455. The van der Waals surface area contributed by atoms with E-state index in [9.17, 15) is 22.4 Å². The molecule has 8 heteroatoms. The van der Waals surface area contributed by atoms with Crippen molar-refractivity contribution in [2.24, 2.45) is 0 Å². The Bertz CT molecular complexity index is 511. The molecule has 1 aromatic heterocycles. The maximum Gasteiger partial charge on any atom is 0.411 e. The number of carbonyl (C=O) groups is 1. The van der Waals surface area contributed by atoms with Crippen molar-refractivity contribution in [3.63, 3.8) is 0 Å². The number of amides is 1. The zero-order chi connectivity index (χ0) is 14.3. The van der Waals surface area contributed by atoms with Gasteiger partial charge in [-0.2, -0.15) is 13.2 Å².